The van der Waals surface area contributed by atoms with Crippen LogP contribution >= 0.6 is 0 Å². The lowest BCUT2D eigenvalue weighted by molar-refractivity contribution is -0.143. The van der Waals surface area contributed by atoms with Gasteiger partial charge >= 0.3 is 11.7 Å². The Labute approximate surface area is 128 Å². The third-order valence-corrected chi connectivity index (χ3v) is 4.75. The van der Waals surface area contributed by atoms with Crippen LogP contribution in [0.2, 0.25) is 0 Å². The van der Waals surface area contributed by atoms with Gasteiger partial charge in [0.2, 0.25) is 0 Å². The highest BCUT2D eigenvalue weighted by Gasteiger charge is 2.44. The number of hydrogen-bond acceptors (Lipinski definition) is 2. The number of carboxylic acids is 1. The van der Waals surface area contributed by atoms with Crippen LogP contribution in [0.1, 0.15) is 36.9 Å². The number of carboxylic acid groups (broad SMARTS) is 1. The van der Waals surface area contributed by atoms with Gasteiger partial charge in [0.05, 0.1) is 11.1 Å². The van der Waals surface area contributed by atoms with Crippen LogP contribution in [-0.2, 0) is 17.3 Å². The maximum atomic E-state index is 12.4. The Bertz CT molecular complexity index is 779. The molecule has 0 spiro atoms. The van der Waals surface area contributed by atoms with Gasteiger partial charge in [0.1, 0.15) is 0 Å². The van der Waals surface area contributed by atoms with E-state index in [1.807, 2.05) is 31.2 Å². The first-order valence-corrected chi connectivity index (χ1v) is 7.55. The topological polar surface area (TPSA) is 64.2 Å². The summed E-state index contributed by atoms with van der Waals surface area (Å²) in [6, 6.07) is 7.40. The average Bonchev–Trinajstić information content (AvgIpc) is 3.06. The molecule has 1 fully saturated rings. The highest BCUT2D eigenvalue weighted by atomic mass is 16.4. The zero-order valence-corrected chi connectivity index (χ0v) is 12.9. The number of hydrogen-bond donors (Lipinski definition) is 1. The minimum Gasteiger partial charge on any atom is -0.481 e. The summed E-state index contributed by atoms with van der Waals surface area (Å²) in [5, 5.41) is 9.84. The second kappa shape index (κ2) is 5.16. The van der Waals surface area contributed by atoms with Gasteiger partial charge in [0.25, 0.3) is 0 Å². The summed E-state index contributed by atoms with van der Waals surface area (Å²) in [4.78, 5) is 24.4. The number of imidazole rings is 1. The maximum absolute atomic E-state index is 12.4. The Hall–Kier alpha value is -2.30. The normalized spacial score (nSPS) is 16.8. The summed E-state index contributed by atoms with van der Waals surface area (Å²) < 4.78 is 3.13. The molecule has 1 N–H and O–H groups in total. The maximum Gasteiger partial charge on any atom is 0.332 e. The summed E-state index contributed by atoms with van der Waals surface area (Å²) in [5.41, 5.74) is 1.21. The number of para-hydroxylation sites is 1. The van der Waals surface area contributed by atoms with Crippen LogP contribution in [0.25, 0.3) is 5.69 Å². The van der Waals surface area contributed by atoms with Gasteiger partial charge in [-0.05, 0) is 31.4 Å². The Morgan fingerprint density at radius 3 is 2.41 bits per heavy atom. The molecule has 22 heavy (non-hydrogen) atoms. The molecule has 5 nitrogen and oxygen atoms in total. The Balaban J connectivity index is 2.28. The molecule has 1 aromatic heterocycles. The van der Waals surface area contributed by atoms with Gasteiger partial charge in [0, 0.05) is 18.9 Å². The number of aryl methyl sites for hydroxylation is 2. The summed E-state index contributed by atoms with van der Waals surface area (Å²) in [6.07, 6.45) is 4.83. The van der Waals surface area contributed by atoms with Crippen molar-refractivity contribution in [2.45, 2.75) is 38.0 Å². The van der Waals surface area contributed by atoms with Crippen LogP contribution in [0.15, 0.2) is 35.3 Å². The second-order valence-electron chi connectivity index (χ2n) is 6.11. The van der Waals surface area contributed by atoms with Crippen LogP contribution in [0, 0.1) is 6.92 Å². The SMILES string of the molecule is Cc1cn(C)c(=O)n1-c1ccccc1C1(C(=O)O)CCCC1. The second-order valence-corrected chi connectivity index (χ2v) is 6.11. The molecule has 0 unspecified atom stereocenters. The third kappa shape index (κ3) is 2.00. The molecule has 1 aromatic carbocycles. The Morgan fingerprint density at radius 1 is 1.23 bits per heavy atom. The zero-order chi connectivity index (χ0) is 15.9. The van der Waals surface area contributed by atoms with E-state index in [1.54, 1.807) is 17.8 Å². The van der Waals surface area contributed by atoms with E-state index in [0.717, 1.165) is 24.1 Å². The van der Waals surface area contributed by atoms with Crippen molar-refractivity contribution >= 4 is 5.97 Å². The molecule has 3 rings (SSSR count). The van der Waals surface area contributed by atoms with Gasteiger partial charge in [-0.1, -0.05) is 31.0 Å². The van der Waals surface area contributed by atoms with Crippen molar-refractivity contribution in [1.82, 2.24) is 9.13 Å². The van der Waals surface area contributed by atoms with Gasteiger partial charge in [-0.15, -0.1) is 0 Å². The molecule has 0 atom stereocenters. The van der Waals surface area contributed by atoms with Crippen molar-refractivity contribution in [3.63, 3.8) is 0 Å². The molecule has 0 amide bonds. The molecule has 2 aromatic rings. The Morgan fingerprint density at radius 2 is 1.86 bits per heavy atom. The quantitative estimate of drug-likeness (QED) is 0.946. The van der Waals surface area contributed by atoms with Gasteiger partial charge in [-0.3, -0.25) is 9.36 Å². The molecule has 116 valence electrons. The smallest absolute Gasteiger partial charge is 0.332 e. The number of aromatic nitrogens is 2. The van der Waals surface area contributed by atoms with Crippen LogP contribution in [-0.4, -0.2) is 20.2 Å². The molecule has 0 saturated heterocycles. The molecule has 0 bridgehead atoms. The summed E-state index contributed by atoms with van der Waals surface area (Å²) in [7, 11) is 1.71. The minimum absolute atomic E-state index is 0.150. The fourth-order valence-corrected chi connectivity index (χ4v) is 3.65. The van der Waals surface area contributed by atoms with E-state index in [-0.39, 0.29) is 5.69 Å². The van der Waals surface area contributed by atoms with Crippen molar-refractivity contribution < 1.29 is 9.90 Å². The Kier molecular flexibility index (Phi) is 3.43. The molecule has 0 aliphatic heterocycles. The first-order valence-electron chi connectivity index (χ1n) is 7.55. The van der Waals surface area contributed by atoms with E-state index in [4.69, 9.17) is 0 Å². The summed E-state index contributed by atoms with van der Waals surface area (Å²) in [5.74, 6) is -0.793. The molecular formula is C17H20N2O3. The number of benzene rings is 1. The third-order valence-electron chi connectivity index (χ3n) is 4.75. The molecule has 1 saturated carbocycles. The van der Waals surface area contributed by atoms with Crippen molar-refractivity contribution in [2.24, 2.45) is 7.05 Å². The molecule has 5 heteroatoms. The van der Waals surface area contributed by atoms with Crippen molar-refractivity contribution in [2.75, 3.05) is 0 Å². The molecule has 1 aliphatic rings. The van der Waals surface area contributed by atoms with Crippen molar-refractivity contribution in [3.05, 3.63) is 52.2 Å². The largest absolute Gasteiger partial charge is 0.481 e. The first-order chi connectivity index (χ1) is 10.5. The van der Waals surface area contributed by atoms with Gasteiger partial charge in [-0.2, -0.15) is 0 Å². The van der Waals surface area contributed by atoms with E-state index in [2.05, 4.69) is 0 Å². The lowest BCUT2D eigenvalue weighted by atomic mass is 9.78. The number of carbonyl (C=O) groups is 1. The fourth-order valence-electron chi connectivity index (χ4n) is 3.65. The average molecular weight is 300 g/mol. The monoisotopic (exact) mass is 300 g/mol. The van der Waals surface area contributed by atoms with E-state index in [9.17, 15) is 14.7 Å². The summed E-state index contributed by atoms with van der Waals surface area (Å²) in [6.45, 7) is 1.86. The molecule has 1 heterocycles. The molecule has 1 aliphatic carbocycles. The van der Waals surface area contributed by atoms with Gasteiger partial charge < -0.3 is 9.67 Å². The van der Waals surface area contributed by atoms with Crippen molar-refractivity contribution in [3.8, 4) is 5.69 Å². The van der Waals surface area contributed by atoms with E-state index in [1.165, 1.54) is 4.57 Å². The predicted octanol–water partition coefficient (Wildman–Crippen LogP) is 2.38. The van der Waals surface area contributed by atoms with E-state index >= 15 is 0 Å². The van der Waals surface area contributed by atoms with Crippen molar-refractivity contribution in [1.29, 1.82) is 0 Å². The minimum atomic E-state index is -0.877. The summed E-state index contributed by atoms with van der Waals surface area (Å²) >= 11 is 0. The number of rotatable bonds is 3. The molecule has 0 radical (unpaired) electrons. The fraction of sp³-hybridized carbons (Fsp3) is 0.412. The van der Waals surface area contributed by atoms with Gasteiger partial charge in [0.15, 0.2) is 0 Å². The lowest BCUT2D eigenvalue weighted by Gasteiger charge is -2.27. The van der Waals surface area contributed by atoms with Crippen LogP contribution in [0.5, 0.6) is 0 Å². The van der Waals surface area contributed by atoms with Gasteiger partial charge in [-0.25, -0.2) is 4.79 Å². The highest BCUT2D eigenvalue weighted by molar-refractivity contribution is 5.83. The zero-order valence-electron chi connectivity index (χ0n) is 12.9. The predicted molar refractivity (Wildman–Crippen MR) is 83.5 cm³/mol. The number of nitrogens with zero attached hydrogens (tertiary/aromatic N) is 2. The van der Waals surface area contributed by atoms with Crippen LogP contribution in [0.3, 0.4) is 0 Å². The van der Waals surface area contributed by atoms with Crippen LogP contribution in [0.4, 0.5) is 0 Å². The number of aliphatic carboxylic acids is 1. The molecular weight excluding hydrogens is 280 g/mol. The lowest BCUT2D eigenvalue weighted by Crippen LogP contribution is -2.35. The van der Waals surface area contributed by atoms with E-state index in [0.29, 0.717) is 18.5 Å². The highest BCUT2D eigenvalue weighted by Crippen LogP contribution is 2.43. The standard InChI is InChI=1S/C17H20N2O3/c1-12-11-18(2)16(22)19(12)14-8-4-3-7-13(14)17(15(20)21)9-5-6-10-17/h3-4,7-8,11H,5-6,9-10H2,1-2H3,(H,20,21). The first kappa shape index (κ1) is 14.6. The van der Waals surface area contributed by atoms with Crippen LogP contribution < -0.4 is 5.69 Å². The van der Waals surface area contributed by atoms with E-state index < -0.39 is 11.4 Å².